The van der Waals surface area contributed by atoms with Crippen LogP contribution in [0.5, 0.6) is 0 Å². The minimum absolute atomic E-state index is 0.179. The third-order valence-electron chi connectivity index (χ3n) is 1.61. The maximum atomic E-state index is 11.7. The molecule has 0 spiro atoms. The number of aliphatic hydroxyl groups excluding tert-OH is 1. The number of rotatable bonds is 3. The van der Waals surface area contributed by atoms with Gasteiger partial charge in [-0.25, -0.2) is 0 Å². The van der Waals surface area contributed by atoms with Gasteiger partial charge in [0.1, 0.15) is 0 Å². The zero-order valence-electron chi connectivity index (χ0n) is 6.27. The van der Waals surface area contributed by atoms with Crippen LogP contribution in [0.4, 0.5) is 13.2 Å². The standard InChI is InChI=1S/C6H10F3NO2/c7-6(8,9)5(11)3-12-4-1-10-2-4/h4-5,10-11H,1-3H2. The molecule has 0 aromatic heterocycles. The lowest BCUT2D eigenvalue weighted by Gasteiger charge is -2.28. The first-order valence-electron chi connectivity index (χ1n) is 3.57. The summed E-state index contributed by atoms with van der Waals surface area (Å²) in [7, 11) is 0. The van der Waals surface area contributed by atoms with Gasteiger partial charge in [0.15, 0.2) is 6.10 Å². The number of ether oxygens (including phenoxy) is 1. The van der Waals surface area contributed by atoms with Gasteiger partial charge in [-0.15, -0.1) is 0 Å². The molecule has 1 aliphatic rings. The molecule has 0 amide bonds. The molecular weight excluding hydrogens is 175 g/mol. The third kappa shape index (κ3) is 2.62. The van der Waals surface area contributed by atoms with E-state index in [2.05, 4.69) is 5.32 Å². The number of nitrogens with one attached hydrogen (secondary N) is 1. The van der Waals surface area contributed by atoms with Crippen LogP contribution < -0.4 is 5.32 Å². The van der Waals surface area contributed by atoms with E-state index in [-0.39, 0.29) is 6.10 Å². The van der Waals surface area contributed by atoms with Gasteiger partial charge < -0.3 is 15.2 Å². The van der Waals surface area contributed by atoms with Crippen molar-refractivity contribution in [3.63, 3.8) is 0 Å². The van der Waals surface area contributed by atoms with E-state index in [9.17, 15) is 13.2 Å². The van der Waals surface area contributed by atoms with Crippen molar-refractivity contribution in [1.29, 1.82) is 0 Å². The highest BCUT2D eigenvalue weighted by Crippen LogP contribution is 2.20. The lowest BCUT2D eigenvalue weighted by molar-refractivity contribution is -0.222. The molecule has 0 aliphatic carbocycles. The minimum Gasteiger partial charge on any atom is -0.382 e. The maximum Gasteiger partial charge on any atom is 0.416 e. The van der Waals surface area contributed by atoms with E-state index < -0.39 is 18.9 Å². The molecule has 0 radical (unpaired) electrons. The Balaban J connectivity index is 2.13. The second kappa shape index (κ2) is 3.59. The van der Waals surface area contributed by atoms with Crippen LogP contribution in [-0.4, -0.2) is 43.2 Å². The molecule has 1 heterocycles. The molecule has 6 heteroatoms. The van der Waals surface area contributed by atoms with Crippen LogP contribution in [0.3, 0.4) is 0 Å². The predicted molar refractivity (Wildman–Crippen MR) is 34.7 cm³/mol. The highest BCUT2D eigenvalue weighted by atomic mass is 19.4. The Morgan fingerprint density at radius 1 is 1.50 bits per heavy atom. The van der Waals surface area contributed by atoms with E-state index in [1.807, 2.05) is 0 Å². The van der Waals surface area contributed by atoms with E-state index in [1.165, 1.54) is 0 Å². The van der Waals surface area contributed by atoms with Gasteiger partial charge in [-0.1, -0.05) is 0 Å². The fourth-order valence-electron chi connectivity index (χ4n) is 0.702. The van der Waals surface area contributed by atoms with Crippen LogP contribution in [0.25, 0.3) is 0 Å². The normalized spacial score (nSPS) is 22.0. The first kappa shape index (κ1) is 9.76. The Labute approximate surface area is 67.5 Å². The predicted octanol–water partition coefficient (Wildman–Crippen LogP) is -0.102. The van der Waals surface area contributed by atoms with Gasteiger partial charge in [-0.2, -0.15) is 13.2 Å². The average Bonchev–Trinajstić information content (AvgIpc) is 1.81. The fraction of sp³-hybridized carbons (Fsp3) is 1.00. The number of halogens is 3. The van der Waals surface area contributed by atoms with Crippen molar-refractivity contribution in [1.82, 2.24) is 5.32 Å². The van der Waals surface area contributed by atoms with Gasteiger partial charge in [-0.05, 0) is 0 Å². The summed E-state index contributed by atoms with van der Waals surface area (Å²) in [6.07, 6.45) is -7.11. The van der Waals surface area contributed by atoms with E-state index in [0.29, 0.717) is 13.1 Å². The number of alkyl halides is 3. The summed E-state index contributed by atoms with van der Waals surface area (Å²) in [6.45, 7) is 0.449. The summed E-state index contributed by atoms with van der Waals surface area (Å²) in [6, 6.07) is 0. The molecule has 1 rings (SSSR count). The quantitative estimate of drug-likeness (QED) is 0.645. The third-order valence-corrected chi connectivity index (χ3v) is 1.61. The number of hydrogen-bond donors (Lipinski definition) is 2. The molecule has 3 nitrogen and oxygen atoms in total. The van der Waals surface area contributed by atoms with Crippen LogP contribution >= 0.6 is 0 Å². The van der Waals surface area contributed by atoms with Gasteiger partial charge in [-0.3, -0.25) is 0 Å². The molecule has 0 bridgehead atoms. The van der Waals surface area contributed by atoms with Gasteiger partial charge in [0, 0.05) is 13.1 Å². The first-order valence-corrected chi connectivity index (χ1v) is 3.57. The van der Waals surface area contributed by atoms with Crippen LogP contribution in [0, 0.1) is 0 Å². The van der Waals surface area contributed by atoms with Crippen molar-refractivity contribution in [2.45, 2.75) is 18.4 Å². The average molecular weight is 185 g/mol. The lowest BCUT2D eigenvalue weighted by Crippen LogP contribution is -2.50. The van der Waals surface area contributed by atoms with Gasteiger partial charge in [0.05, 0.1) is 12.7 Å². The molecule has 1 saturated heterocycles. The van der Waals surface area contributed by atoms with Crippen LogP contribution in [-0.2, 0) is 4.74 Å². The van der Waals surface area contributed by atoms with Crippen molar-refractivity contribution in [3.8, 4) is 0 Å². The monoisotopic (exact) mass is 185 g/mol. The van der Waals surface area contributed by atoms with Crippen molar-refractivity contribution in [2.75, 3.05) is 19.7 Å². The summed E-state index contributed by atoms with van der Waals surface area (Å²) in [4.78, 5) is 0. The Hall–Kier alpha value is -0.330. The lowest BCUT2D eigenvalue weighted by atomic mass is 10.2. The number of aliphatic hydroxyl groups is 1. The highest BCUT2D eigenvalue weighted by molar-refractivity contribution is 4.76. The summed E-state index contributed by atoms with van der Waals surface area (Å²) >= 11 is 0. The van der Waals surface area contributed by atoms with E-state index >= 15 is 0 Å². The molecular formula is C6H10F3NO2. The fourth-order valence-corrected chi connectivity index (χ4v) is 0.702. The number of hydrogen-bond acceptors (Lipinski definition) is 3. The summed E-state index contributed by atoms with van der Waals surface area (Å²) in [5, 5.41) is 11.3. The molecule has 1 aliphatic heterocycles. The highest BCUT2D eigenvalue weighted by Gasteiger charge is 2.39. The SMILES string of the molecule is OC(COC1CNC1)C(F)(F)F. The van der Waals surface area contributed by atoms with Gasteiger partial charge in [0.2, 0.25) is 0 Å². The molecule has 0 aromatic rings. The van der Waals surface area contributed by atoms with Crippen molar-refractivity contribution < 1.29 is 23.0 Å². The van der Waals surface area contributed by atoms with E-state index in [0.717, 1.165) is 0 Å². The molecule has 1 fully saturated rings. The zero-order valence-corrected chi connectivity index (χ0v) is 6.27. The van der Waals surface area contributed by atoms with Gasteiger partial charge in [0.25, 0.3) is 0 Å². The smallest absolute Gasteiger partial charge is 0.382 e. The Bertz CT molecular complexity index is 146. The molecule has 1 unspecified atom stereocenters. The summed E-state index contributed by atoms with van der Waals surface area (Å²) in [5.74, 6) is 0. The molecule has 0 aromatic carbocycles. The van der Waals surface area contributed by atoms with E-state index in [4.69, 9.17) is 9.84 Å². The zero-order chi connectivity index (χ0) is 9.19. The molecule has 72 valence electrons. The molecule has 0 saturated carbocycles. The summed E-state index contributed by atoms with van der Waals surface area (Å²) in [5.41, 5.74) is 0. The largest absolute Gasteiger partial charge is 0.416 e. The van der Waals surface area contributed by atoms with Crippen molar-refractivity contribution >= 4 is 0 Å². The van der Waals surface area contributed by atoms with Crippen LogP contribution in [0.1, 0.15) is 0 Å². The van der Waals surface area contributed by atoms with Crippen LogP contribution in [0.15, 0.2) is 0 Å². The topological polar surface area (TPSA) is 41.5 Å². The molecule has 1 atom stereocenters. The Kier molecular flexibility index (Phi) is 2.92. The van der Waals surface area contributed by atoms with Crippen molar-refractivity contribution in [2.24, 2.45) is 0 Å². The maximum absolute atomic E-state index is 11.7. The minimum atomic E-state index is -4.57. The Morgan fingerprint density at radius 2 is 2.08 bits per heavy atom. The van der Waals surface area contributed by atoms with Crippen molar-refractivity contribution in [3.05, 3.63) is 0 Å². The van der Waals surface area contributed by atoms with Crippen LogP contribution in [0.2, 0.25) is 0 Å². The molecule has 12 heavy (non-hydrogen) atoms. The second-order valence-corrected chi connectivity index (χ2v) is 2.67. The van der Waals surface area contributed by atoms with Gasteiger partial charge >= 0.3 is 6.18 Å². The first-order chi connectivity index (χ1) is 5.50. The Morgan fingerprint density at radius 3 is 2.42 bits per heavy atom. The second-order valence-electron chi connectivity index (χ2n) is 2.67. The molecule has 2 N–H and O–H groups in total. The van der Waals surface area contributed by atoms with E-state index in [1.54, 1.807) is 0 Å². The summed E-state index contributed by atoms with van der Waals surface area (Å²) < 4.78 is 39.8.